The molecule has 17 heavy (non-hydrogen) atoms. The number of hydrogen-bond acceptors (Lipinski definition) is 3. The minimum atomic E-state index is -0.493. The van der Waals surface area contributed by atoms with Gasteiger partial charge in [0.2, 0.25) is 0 Å². The highest BCUT2D eigenvalue weighted by Crippen LogP contribution is 2.37. The summed E-state index contributed by atoms with van der Waals surface area (Å²) < 4.78 is 1.05. The third kappa shape index (κ3) is 2.99. The third-order valence-corrected chi connectivity index (χ3v) is 5.74. The summed E-state index contributed by atoms with van der Waals surface area (Å²) >= 11 is 6.69. The molecular weight excluding hydrogens is 316 g/mol. The van der Waals surface area contributed by atoms with Crippen LogP contribution in [-0.4, -0.2) is 5.11 Å². The Morgan fingerprint density at radius 3 is 2.12 bits per heavy atom. The molecule has 0 spiro atoms. The van der Waals surface area contributed by atoms with E-state index < -0.39 is 6.10 Å². The van der Waals surface area contributed by atoms with Crippen LogP contribution in [0.15, 0.2) is 28.1 Å². The van der Waals surface area contributed by atoms with Gasteiger partial charge in [0.1, 0.15) is 6.10 Å². The Morgan fingerprint density at radius 1 is 1.06 bits per heavy atom. The van der Waals surface area contributed by atoms with E-state index in [0.29, 0.717) is 0 Å². The zero-order chi connectivity index (χ0) is 12.6. The maximum Gasteiger partial charge on any atom is 0.122 e. The highest BCUT2D eigenvalue weighted by Gasteiger charge is 2.20. The van der Waals surface area contributed by atoms with Crippen LogP contribution in [0.4, 0.5) is 0 Å². The molecule has 0 saturated heterocycles. The number of aliphatic hydroxyl groups is 1. The summed E-state index contributed by atoms with van der Waals surface area (Å²) in [5, 5.41) is 10.3. The van der Waals surface area contributed by atoms with Gasteiger partial charge in [-0.25, -0.2) is 0 Å². The van der Waals surface area contributed by atoms with E-state index in [1.54, 1.807) is 22.7 Å². The lowest BCUT2D eigenvalue weighted by Crippen LogP contribution is -2.07. The van der Waals surface area contributed by atoms with Gasteiger partial charge >= 0.3 is 0 Å². The van der Waals surface area contributed by atoms with Crippen LogP contribution in [0, 0.1) is 0 Å². The second kappa shape index (κ2) is 4.84. The first kappa shape index (κ1) is 13.3. The van der Waals surface area contributed by atoms with Gasteiger partial charge in [0, 0.05) is 14.6 Å². The standard InChI is InChI=1S/C13H15BrOS2/c1-13(2,3)10-6-4-8(16-10)12(15)9-5-7-11(14)17-9/h4-7,12,15H,1-3H3. The third-order valence-electron chi connectivity index (χ3n) is 2.50. The fourth-order valence-electron chi connectivity index (χ4n) is 1.52. The molecule has 0 fully saturated rings. The van der Waals surface area contributed by atoms with Gasteiger partial charge in [0.25, 0.3) is 0 Å². The molecule has 0 radical (unpaired) electrons. The normalized spacial score (nSPS) is 13.9. The van der Waals surface area contributed by atoms with E-state index >= 15 is 0 Å². The summed E-state index contributed by atoms with van der Waals surface area (Å²) in [6.07, 6.45) is -0.493. The first-order chi connectivity index (χ1) is 7.88. The van der Waals surface area contributed by atoms with Crippen molar-refractivity contribution in [3.8, 4) is 0 Å². The molecule has 1 nitrogen and oxygen atoms in total. The van der Waals surface area contributed by atoms with Crippen molar-refractivity contribution in [2.45, 2.75) is 32.3 Å². The van der Waals surface area contributed by atoms with Crippen molar-refractivity contribution in [3.63, 3.8) is 0 Å². The molecule has 4 heteroatoms. The van der Waals surface area contributed by atoms with Crippen LogP contribution in [0.25, 0.3) is 0 Å². The first-order valence-electron chi connectivity index (χ1n) is 5.41. The maximum absolute atomic E-state index is 10.3. The molecule has 0 aliphatic heterocycles. The van der Waals surface area contributed by atoms with Gasteiger partial charge < -0.3 is 5.11 Å². The zero-order valence-corrected chi connectivity index (χ0v) is 13.2. The number of hydrogen-bond donors (Lipinski definition) is 1. The molecule has 1 atom stereocenters. The summed E-state index contributed by atoms with van der Waals surface area (Å²) in [5.74, 6) is 0. The van der Waals surface area contributed by atoms with Gasteiger partial charge in [-0.2, -0.15) is 0 Å². The molecule has 0 bridgehead atoms. The Morgan fingerprint density at radius 2 is 1.65 bits per heavy atom. The molecule has 92 valence electrons. The smallest absolute Gasteiger partial charge is 0.122 e. The average molecular weight is 331 g/mol. The minimum Gasteiger partial charge on any atom is -0.382 e. The highest BCUT2D eigenvalue weighted by atomic mass is 79.9. The van der Waals surface area contributed by atoms with E-state index in [0.717, 1.165) is 13.5 Å². The lowest BCUT2D eigenvalue weighted by atomic mass is 9.95. The first-order valence-corrected chi connectivity index (χ1v) is 7.84. The SMILES string of the molecule is CC(C)(C)c1ccc(C(O)c2ccc(Br)s2)s1. The van der Waals surface area contributed by atoms with Crippen molar-refractivity contribution < 1.29 is 5.11 Å². The molecule has 0 saturated carbocycles. The molecule has 2 heterocycles. The van der Waals surface area contributed by atoms with Gasteiger partial charge in [-0.1, -0.05) is 20.8 Å². The van der Waals surface area contributed by atoms with Crippen LogP contribution in [0.5, 0.6) is 0 Å². The quantitative estimate of drug-likeness (QED) is 0.825. The van der Waals surface area contributed by atoms with Gasteiger partial charge in [0.05, 0.1) is 3.79 Å². The van der Waals surface area contributed by atoms with Crippen LogP contribution >= 0.6 is 38.6 Å². The van der Waals surface area contributed by atoms with Crippen LogP contribution in [0.1, 0.15) is 41.5 Å². The molecule has 0 aliphatic rings. The summed E-state index contributed by atoms with van der Waals surface area (Å²) in [4.78, 5) is 3.31. The van der Waals surface area contributed by atoms with Crippen molar-refractivity contribution in [1.82, 2.24) is 0 Å². The Bertz CT molecular complexity index is 507. The van der Waals surface area contributed by atoms with Crippen LogP contribution in [-0.2, 0) is 5.41 Å². The lowest BCUT2D eigenvalue weighted by Gasteiger charge is -2.15. The fraction of sp³-hybridized carbons (Fsp3) is 0.385. The highest BCUT2D eigenvalue weighted by molar-refractivity contribution is 9.11. The van der Waals surface area contributed by atoms with Gasteiger partial charge in [-0.3, -0.25) is 0 Å². The predicted molar refractivity (Wildman–Crippen MR) is 79.1 cm³/mol. The number of halogens is 1. The van der Waals surface area contributed by atoms with E-state index in [2.05, 4.69) is 42.8 Å². The molecule has 2 aromatic rings. The largest absolute Gasteiger partial charge is 0.382 e. The van der Waals surface area contributed by atoms with Crippen LogP contribution in [0.2, 0.25) is 0 Å². The second-order valence-electron chi connectivity index (χ2n) is 5.00. The van der Waals surface area contributed by atoms with Crippen LogP contribution in [0.3, 0.4) is 0 Å². The van der Waals surface area contributed by atoms with Crippen LogP contribution < -0.4 is 0 Å². The average Bonchev–Trinajstić information content (AvgIpc) is 2.83. The molecular formula is C13H15BrOS2. The molecule has 2 aromatic heterocycles. The Labute approximate surface area is 118 Å². The van der Waals surface area contributed by atoms with Crippen molar-refractivity contribution in [3.05, 3.63) is 42.7 Å². The number of thiophene rings is 2. The van der Waals surface area contributed by atoms with Gasteiger partial charge in [0.15, 0.2) is 0 Å². The van der Waals surface area contributed by atoms with E-state index in [1.165, 1.54) is 4.88 Å². The van der Waals surface area contributed by atoms with Crippen molar-refractivity contribution >= 4 is 38.6 Å². The molecule has 1 N–H and O–H groups in total. The predicted octanol–water partition coefficient (Wildman–Crippen LogP) is 4.95. The lowest BCUT2D eigenvalue weighted by molar-refractivity contribution is 0.228. The maximum atomic E-state index is 10.3. The van der Waals surface area contributed by atoms with Crippen molar-refractivity contribution in [2.75, 3.05) is 0 Å². The van der Waals surface area contributed by atoms with E-state index in [-0.39, 0.29) is 5.41 Å². The van der Waals surface area contributed by atoms with E-state index in [4.69, 9.17) is 0 Å². The number of rotatable bonds is 2. The summed E-state index contributed by atoms with van der Waals surface area (Å²) in [5.41, 5.74) is 0.151. The summed E-state index contributed by atoms with van der Waals surface area (Å²) in [6.45, 7) is 6.57. The molecule has 0 aliphatic carbocycles. The van der Waals surface area contributed by atoms with E-state index in [9.17, 15) is 5.11 Å². The molecule has 0 aromatic carbocycles. The minimum absolute atomic E-state index is 0.151. The Kier molecular flexibility index (Phi) is 3.78. The molecule has 1 unspecified atom stereocenters. The Balaban J connectivity index is 2.26. The molecule has 2 rings (SSSR count). The van der Waals surface area contributed by atoms with Gasteiger partial charge in [-0.15, -0.1) is 22.7 Å². The Hall–Kier alpha value is -0.160. The zero-order valence-electron chi connectivity index (χ0n) is 10.0. The summed E-state index contributed by atoms with van der Waals surface area (Å²) in [7, 11) is 0. The fourth-order valence-corrected chi connectivity index (χ4v) is 4.09. The topological polar surface area (TPSA) is 20.2 Å². The van der Waals surface area contributed by atoms with Crippen molar-refractivity contribution in [1.29, 1.82) is 0 Å². The van der Waals surface area contributed by atoms with E-state index in [1.807, 2.05) is 18.2 Å². The number of aliphatic hydroxyl groups excluding tert-OH is 1. The van der Waals surface area contributed by atoms with Gasteiger partial charge in [-0.05, 0) is 45.6 Å². The second-order valence-corrected chi connectivity index (χ2v) is 8.61. The van der Waals surface area contributed by atoms with Crippen molar-refractivity contribution in [2.24, 2.45) is 0 Å². The molecule has 0 amide bonds. The summed E-state index contributed by atoms with van der Waals surface area (Å²) in [6, 6.07) is 8.09. The monoisotopic (exact) mass is 330 g/mol.